The highest BCUT2D eigenvalue weighted by atomic mass is 35.5. The summed E-state index contributed by atoms with van der Waals surface area (Å²) in [4.78, 5) is 17.6. The number of nitrogens with one attached hydrogen (secondary N) is 1. The minimum absolute atomic E-state index is 0.132. The van der Waals surface area contributed by atoms with E-state index in [9.17, 15) is 9.18 Å². The van der Waals surface area contributed by atoms with Gasteiger partial charge in [0, 0.05) is 42.5 Å². The van der Waals surface area contributed by atoms with Gasteiger partial charge in [-0.3, -0.25) is 4.79 Å². The first-order valence-electron chi connectivity index (χ1n) is 10.7. The molecule has 6 nitrogen and oxygen atoms in total. The van der Waals surface area contributed by atoms with Crippen LogP contribution in [-0.4, -0.2) is 53.8 Å². The molecule has 32 heavy (non-hydrogen) atoms. The zero-order valence-electron chi connectivity index (χ0n) is 18.5. The van der Waals surface area contributed by atoms with Crippen LogP contribution in [0.25, 0.3) is 5.69 Å². The zero-order chi connectivity index (χ0) is 22.8. The number of aryl methyl sites for hydroxylation is 1. The van der Waals surface area contributed by atoms with Crippen LogP contribution in [0.2, 0.25) is 5.02 Å². The molecule has 1 aliphatic rings. The zero-order valence-corrected chi connectivity index (χ0v) is 19.3. The van der Waals surface area contributed by atoms with Gasteiger partial charge in [0.1, 0.15) is 5.82 Å². The number of piperazine rings is 1. The van der Waals surface area contributed by atoms with Gasteiger partial charge < -0.3 is 15.1 Å². The molecule has 1 amide bonds. The van der Waals surface area contributed by atoms with E-state index in [1.807, 2.05) is 26.0 Å². The topological polar surface area (TPSA) is 53.4 Å². The maximum atomic E-state index is 13.3. The van der Waals surface area contributed by atoms with Crippen LogP contribution in [0.15, 0.2) is 42.5 Å². The van der Waals surface area contributed by atoms with E-state index in [1.54, 1.807) is 22.9 Å². The third kappa shape index (κ3) is 4.79. The van der Waals surface area contributed by atoms with Crippen LogP contribution in [0.1, 0.15) is 17.0 Å². The van der Waals surface area contributed by atoms with Crippen molar-refractivity contribution >= 4 is 28.9 Å². The number of amides is 1. The van der Waals surface area contributed by atoms with Crippen LogP contribution in [0, 0.1) is 19.7 Å². The molecule has 1 fully saturated rings. The van der Waals surface area contributed by atoms with Crippen molar-refractivity contribution in [1.82, 2.24) is 14.7 Å². The summed E-state index contributed by atoms with van der Waals surface area (Å²) in [7, 11) is 2.11. The van der Waals surface area contributed by atoms with Gasteiger partial charge in [0.15, 0.2) is 0 Å². The average Bonchev–Trinajstić information content (AvgIpc) is 3.03. The van der Waals surface area contributed by atoms with Gasteiger partial charge in [-0.05, 0) is 63.4 Å². The van der Waals surface area contributed by atoms with Crippen molar-refractivity contribution in [2.75, 3.05) is 43.4 Å². The van der Waals surface area contributed by atoms with Gasteiger partial charge in [-0.1, -0.05) is 11.6 Å². The largest absolute Gasteiger partial charge is 0.367 e. The number of halogens is 2. The Bertz CT molecular complexity index is 1120. The number of carbonyl (C=O) groups excluding carboxylic acids is 1. The van der Waals surface area contributed by atoms with Crippen LogP contribution >= 0.6 is 11.6 Å². The average molecular weight is 456 g/mol. The predicted molar refractivity (Wildman–Crippen MR) is 126 cm³/mol. The Hall–Kier alpha value is -2.90. The lowest BCUT2D eigenvalue weighted by Crippen LogP contribution is -2.44. The minimum Gasteiger partial charge on any atom is -0.367 e. The van der Waals surface area contributed by atoms with E-state index in [4.69, 9.17) is 11.6 Å². The SMILES string of the molecule is Cc1nn(-c2ccc(F)cc2)c(C)c1CC(=O)Nc1cc(Cl)ccc1N1CCN(C)CC1. The molecule has 2 heterocycles. The second kappa shape index (κ2) is 9.30. The molecule has 0 aliphatic carbocycles. The van der Waals surface area contributed by atoms with Crippen molar-refractivity contribution in [3.63, 3.8) is 0 Å². The summed E-state index contributed by atoms with van der Waals surface area (Å²) in [6.45, 7) is 7.52. The summed E-state index contributed by atoms with van der Waals surface area (Å²) in [5.74, 6) is -0.431. The first kappa shape index (κ1) is 22.3. The van der Waals surface area contributed by atoms with E-state index >= 15 is 0 Å². The van der Waals surface area contributed by atoms with Crippen molar-refractivity contribution < 1.29 is 9.18 Å². The van der Waals surface area contributed by atoms with Crippen molar-refractivity contribution in [2.24, 2.45) is 0 Å². The molecule has 4 rings (SSSR count). The Balaban J connectivity index is 1.53. The summed E-state index contributed by atoms with van der Waals surface area (Å²) in [6, 6.07) is 11.8. The number of rotatable bonds is 5. The Morgan fingerprint density at radius 3 is 2.47 bits per heavy atom. The van der Waals surface area contributed by atoms with E-state index in [0.29, 0.717) is 10.7 Å². The van der Waals surface area contributed by atoms with Crippen LogP contribution in [0.4, 0.5) is 15.8 Å². The van der Waals surface area contributed by atoms with Gasteiger partial charge in [-0.25, -0.2) is 9.07 Å². The lowest BCUT2D eigenvalue weighted by atomic mass is 10.1. The molecule has 8 heteroatoms. The van der Waals surface area contributed by atoms with E-state index in [2.05, 4.69) is 27.3 Å². The fourth-order valence-corrected chi connectivity index (χ4v) is 4.22. The molecule has 0 radical (unpaired) electrons. The Kier molecular flexibility index (Phi) is 6.48. The van der Waals surface area contributed by atoms with Crippen LogP contribution in [0.5, 0.6) is 0 Å². The highest BCUT2D eigenvalue weighted by Gasteiger charge is 2.20. The van der Waals surface area contributed by atoms with Gasteiger partial charge in [0.25, 0.3) is 0 Å². The Morgan fingerprint density at radius 1 is 1.09 bits per heavy atom. The molecular weight excluding hydrogens is 429 g/mol. The number of hydrogen-bond acceptors (Lipinski definition) is 4. The van der Waals surface area contributed by atoms with Gasteiger partial charge in [0.2, 0.25) is 5.91 Å². The smallest absolute Gasteiger partial charge is 0.228 e. The maximum Gasteiger partial charge on any atom is 0.228 e. The molecule has 1 aromatic heterocycles. The number of likely N-dealkylation sites (N-methyl/N-ethyl adjacent to an activating group) is 1. The minimum atomic E-state index is -0.299. The monoisotopic (exact) mass is 455 g/mol. The third-order valence-electron chi connectivity index (χ3n) is 5.93. The Labute approximate surface area is 192 Å². The molecule has 1 saturated heterocycles. The Morgan fingerprint density at radius 2 is 1.78 bits per heavy atom. The van der Waals surface area contributed by atoms with Gasteiger partial charge in [0.05, 0.1) is 29.2 Å². The summed E-state index contributed by atoms with van der Waals surface area (Å²) < 4.78 is 15.0. The van der Waals surface area contributed by atoms with Gasteiger partial charge in [-0.2, -0.15) is 5.10 Å². The molecule has 0 unspecified atom stereocenters. The molecule has 3 aromatic rings. The van der Waals surface area contributed by atoms with E-state index in [-0.39, 0.29) is 18.1 Å². The molecule has 0 bridgehead atoms. The first-order chi connectivity index (χ1) is 15.3. The van der Waals surface area contributed by atoms with Gasteiger partial charge >= 0.3 is 0 Å². The number of anilines is 2. The van der Waals surface area contributed by atoms with E-state index in [0.717, 1.165) is 54.5 Å². The lowest BCUT2D eigenvalue weighted by Gasteiger charge is -2.35. The number of carbonyl (C=O) groups is 1. The molecule has 1 aliphatic heterocycles. The standard InChI is InChI=1S/C24H27ClFN5O/c1-16-21(17(2)31(28-16)20-7-5-19(26)6-8-20)15-24(32)27-22-14-18(25)4-9-23(22)30-12-10-29(3)11-13-30/h4-9,14H,10-13,15H2,1-3H3,(H,27,32). The van der Waals surface area contributed by atoms with Crippen molar-refractivity contribution in [2.45, 2.75) is 20.3 Å². The second-order valence-electron chi connectivity index (χ2n) is 8.21. The number of hydrogen-bond donors (Lipinski definition) is 1. The van der Waals surface area contributed by atoms with Crippen molar-refractivity contribution in [3.8, 4) is 5.69 Å². The number of nitrogens with zero attached hydrogens (tertiary/aromatic N) is 4. The van der Waals surface area contributed by atoms with Crippen LogP contribution in [0.3, 0.4) is 0 Å². The third-order valence-corrected chi connectivity index (χ3v) is 6.16. The number of aromatic nitrogens is 2. The second-order valence-corrected chi connectivity index (χ2v) is 8.65. The summed E-state index contributed by atoms with van der Waals surface area (Å²) in [5.41, 5.74) is 4.93. The summed E-state index contributed by atoms with van der Waals surface area (Å²) in [5, 5.41) is 8.20. The molecule has 2 aromatic carbocycles. The first-order valence-corrected chi connectivity index (χ1v) is 11.0. The molecular formula is C24H27ClFN5O. The quantitative estimate of drug-likeness (QED) is 0.626. The van der Waals surface area contributed by atoms with Crippen LogP contribution in [-0.2, 0) is 11.2 Å². The number of benzene rings is 2. The lowest BCUT2D eigenvalue weighted by molar-refractivity contribution is -0.115. The fraction of sp³-hybridized carbons (Fsp3) is 0.333. The van der Waals surface area contributed by atoms with Gasteiger partial charge in [-0.15, -0.1) is 0 Å². The van der Waals surface area contributed by atoms with E-state index in [1.165, 1.54) is 12.1 Å². The summed E-state index contributed by atoms with van der Waals surface area (Å²) >= 11 is 6.24. The summed E-state index contributed by atoms with van der Waals surface area (Å²) in [6.07, 6.45) is 0.188. The maximum absolute atomic E-state index is 13.3. The highest BCUT2D eigenvalue weighted by molar-refractivity contribution is 6.31. The fourth-order valence-electron chi connectivity index (χ4n) is 4.05. The highest BCUT2D eigenvalue weighted by Crippen LogP contribution is 2.30. The molecule has 0 atom stereocenters. The molecule has 0 spiro atoms. The van der Waals surface area contributed by atoms with Crippen molar-refractivity contribution in [3.05, 3.63) is 70.3 Å². The van der Waals surface area contributed by atoms with E-state index < -0.39 is 0 Å². The molecule has 1 N–H and O–H groups in total. The van der Waals surface area contributed by atoms with Crippen molar-refractivity contribution in [1.29, 1.82) is 0 Å². The van der Waals surface area contributed by atoms with Crippen LogP contribution < -0.4 is 10.2 Å². The predicted octanol–water partition coefficient (Wildman–Crippen LogP) is 4.21. The normalized spacial score (nSPS) is 14.6. The molecule has 0 saturated carbocycles. The molecule has 168 valence electrons.